The smallest absolute Gasteiger partial charge is 0.275 e. The molecule has 0 radical (unpaired) electrons. The van der Waals surface area contributed by atoms with Gasteiger partial charge in [-0.25, -0.2) is 8.78 Å². The molecule has 0 aliphatic heterocycles. The van der Waals surface area contributed by atoms with Gasteiger partial charge in [0.05, 0.1) is 23.7 Å². The number of hydrogen-bond acceptors (Lipinski definition) is 4. The highest BCUT2D eigenvalue weighted by Gasteiger charge is 2.16. The van der Waals surface area contributed by atoms with Crippen LogP contribution in [-0.4, -0.2) is 24.7 Å². The number of nitrogens with one attached hydrogen (secondary N) is 1. The first-order valence-corrected chi connectivity index (χ1v) is 5.87. The number of anilines is 1. The van der Waals surface area contributed by atoms with Gasteiger partial charge in [0.25, 0.3) is 5.69 Å². The van der Waals surface area contributed by atoms with Gasteiger partial charge in [-0.05, 0) is 5.92 Å². The van der Waals surface area contributed by atoms with Crippen LogP contribution in [0.5, 0.6) is 0 Å². The van der Waals surface area contributed by atoms with E-state index in [0.717, 1.165) is 0 Å². The van der Waals surface area contributed by atoms with E-state index >= 15 is 0 Å². The Kier molecular flexibility index (Phi) is 5.62. The Hall–Kier alpha value is -1.76. The fourth-order valence-corrected chi connectivity index (χ4v) is 1.40. The van der Waals surface area contributed by atoms with Crippen molar-refractivity contribution in [3.8, 4) is 0 Å². The van der Waals surface area contributed by atoms with Gasteiger partial charge in [-0.15, -0.1) is 0 Å². The molecule has 106 valence electrons. The van der Waals surface area contributed by atoms with Gasteiger partial charge in [0.2, 0.25) is 0 Å². The molecule has 0 unspecified atom stereocenters. The molecule has 0 aromatic heterocycles. The van der Waals surface area contributed by atoms with E-state index < -0.39 is 22.2 Å². The van der Waals surface area contributed by atoms with E-state index in [0.29, 0.717) is 31.3 Å². The number of nitro groups is 1. The quantitative estimate of drug-likeness (QED) is 0.471. The topological polar surface area (TPSA) is 64.4 Å². The molecule has 19 heavy (non-hydrogen) atoms. The Morgan fingerprint density at radius 3 is 2.42 bits per heavy atom. The first kappa shape index (κ1) is 15.3. The molecule has 1 aromatic carbocycles. The van der Waals surface area contributed by atoms with E-state index in [1.807, 2.05) is 13.8 Å². The van der Waals surface area contributed by atoms with Crippen molar-refractivity contribution < 1.29 is 18.4 Å². The Morgan fingerprint density at radius 2 is 1.95 bits per heavy atom. The van der Waals surface area contributed by atoms with Crippen LogP contribution in [-0.2, 0) is 4.74 Å². The lowest BCUT2D eigenvalue weighted by atomic mass is 10.2. The van der Waals surface area contributed by atoms with E-state index in [2.05, 4.69) is 5.32 Å². The van der Waals surface area contributed by atoms with Crippen molar-refractivity contribution in [3.05, 3.63) is 33.9 Å². The molecule has 0 saturated heterocycles. The first-order chi connectivity index (χ1) is 8.91. The Morgan fingerprint density at radius 1 is 1.37 bits per heavy atom. The number of ether oxygens (including phenoxy) is 1. The molecule has 0 saturated carbocycles. The summed E-state index contributed by atoms with van der Waals surface area (Å²) in [5, 5.41) is 12.9. The third kappa shape index (κ3) is 4.78. The summed E-state index contributed by atoms with van der Waals surface area (Å²) in [6.07, 6.45) is 0. The molecule has 7 heteroatoms. The predicted molar refractivity (Wildman–Crippen MR) is 67.2 cm³/mol. The van der Waals surface area contributed by atoms with Crippen LogP contribution in [0.4, 0.5) is 20.2 Å². The standard InChI is InChI=1S/C12H16F2N2O3/c1-8(2)7-19-4-3-15-12-10(13)5-9(16(17)18)6-11(12)14/h5-6,8,15H,3-4,7H2,1-2H3. The molecular formula is C12H16F2N2O3. The monoisotopic (exact) mass is 274 g/mol. The number of benzene rings is 1. The first-order valence-electron chi connectivity index (χ1n) is 5.87. The lowest BCUT2D eigenvalue weighted by Crippen LogP contribution is -2.14. The fraction of sp³-hybridized carbons (Fsp3) is 0.500. The summed E-state index contributed by atoms with van der Waals surface area (Å²) in [6.45, 7) is 5.06. The van der Waals surface area contributed by atoms with Crippen LogP contribution < -0.4 is 5.32 Å². The number of nitrogens with zero attached hydrogens (tertiary/aromatic N) is 1. The average Bonchev–Trinajstić information content (AvgIpc) is 2.30. The SMILES string of the molecule is CC(C)COCCNc1c(F)cc([N+](=O)[O-])cc1F. The minimum Gasteiger partial charge on any atom is -0.379 e. The van der Waals surface area contributed by atoms with Gasteiger partial charge in [0.1, 0.15) is 5.69 Å². The van der Waals surface area contributed by atoms with E-state index in [1.54, 1.807) is 0 Å². The number of hydrogen-bond donors (Lipinski definition) is 1. The zero-order valence-electron chi connectivity index (χ0n) is 10.8. The summed E-state index contributed by atoms with van der Waals surface area (Å²) < 4.78 is 32.2. The molecule has 0 aliphatic rings. The molecule has 1 aromatic rings. The number of nitro benzene ring substituents is 1. The largest absolute Gasteiger partial charge is 0.379 e. The summed E-state index contributed by atoms with van der Waals surface area (Å²) >= 11 is 0. The molecule has 0 bridgehead atoms. The Labute approximate surface area is 109 Å². The minimum absolute atomic E-state index is 0.221. The van der Waals surface area contributed by atoms with Crippen molar-refractivity contribution in [1.82, 2.24) is 0 Å². The van der Waals surface area contributed by atoms with Gasteiger partial charge in [-0.3, -0.25) is 10.1 Å². The maximum atomic E-state index is 13.5. The lowest BCUT2D eigenvalue weighted by molar-refractivity contribution is -0.385. The van der Waals surface area contributed by atoms with E-state index in [1.165, 1.54) is 0 Å². The van der Waals surface area contributed by atoms with Gasteiger partial charge in [0.15, 0.2) is 11.6 Å². The van der Waals surface area contributed by atoms with Gasteiger partial charge in [-0.1, -0.05) is 13.8 Å². The van der Waals surface area contributed by atoms with Gasteiger partial charge >= 0.3 is 0 Å². The molecular weight excluding hydrogens is 258 g/mol. The van der Waals surface area contributed by atoms with Crippen LogP contribution in [0.1, 0.15) is 13.8 Å². The van der Waals surface area contributed by atoms with Crippen molar-refractivity contribution in [2.24, 2.45) is 5.92 Å². The average molecular weight is 274 g/mol. The van der Waals surface area contributed by atoms with Crippen LogP contribution in [0.25, 0.3) is 0 Å². The summed E-state index contributed by atoms with van der Waals surface area (Å²) in [4.78, 5) is 9.57. The van der Waals surface area contributed by atoms with E-state index in [-0.39, 0.29) is 12.2 Å². The molecule has 0 atom stereocenters. The van der Waals surface area contributed by atoms with Crippen molar-refractivity contribution in [3.63, 3.8) is 0 Å². The highest BCUT2D eigenvalue weighted by atomic mass is 19.1. The molecule has 0 amide bonds. The van der Waals surface area contributed by atoms with Crippen molar-refractivity contribution in [2.75, 3.05) is 25.1 Å². The second kappa shape index (κ2) is 6.98. The molecule has 5 nitrogen and oxygen atoms in total. The third-order valence-electron chi connectivity index (χ3n) is 2.24. The summed E-state index contributed by atoms with van der Waals surface area (Å²) in [7, 11) is 0. The highest BCUT2D eigenvalue weighted by Crippen LogP contribution is 2.24. The minimum atomic E-state index is -0.990. The van der Waals surface area contributed by atoms with Crippen molar-refractivity contribution in [2.45, 2.75) is 13.8 Å². The van der Waals surface area contributed by atoms with Crippen molar-refractivity contribution in [1.29, 1.82) is 0 Å². The van der Waals surface area contributed by atoms with Crippen LogP contribution in [0.3, 0.4) is 0 Å². The fourth-order valence-electron chi connectivity index (χ4n) is 1.40. The highest BCUT2D eigenvalue weighted by molar-refractivity contribution is 5.51. The normalized spacial score (nSPS) is 10.8. The second-order valence-corrected chi connectivity index (χ2v) is 4.44. The molecule has 0 fully saturated rings. The number of halogens is 2. The zero-order valence-corrected chi connectivity index (χ0v) is 10.8. The number of rotatable bonds is 7. The Bertz CT molecular complexity index is 430. The maximum absolute atomic E-state index is 13.5. The molecule has 1 rings (SSSR count). The maximum Gasteiger partial charge on any atom is 0.275 e. The lowest BCUT2D eigenvalue weighted by Gasteiger charge is -2.10. The predicted octanol–water partition coefficient (Wildman–Crippen LogP) is 2.96. The molecule has 0 spiro atoms. The summed E-state index contributed by atoms with van der Waals surface area (Å²) in [5.74, 6) is -1.60. The van der Waals surface area contributed by atoms with Gasteiger partial charge < -0.3 is 10.1 Å². The molecule has 1 N–H and O–H groups in total. The van der Waals surface area contributed by atoms with Gasteiger partial charge in [-0.2, -0.15) is 0 Å². The van der Waals surface area contributed by atoms with Crippen LogP contribution in [0, 0.1) is 27.7 Å². The zero-order chi connectivity index (χ0) is 14.4. The van der Waals surface area contributed by atoms with Crippen LogP contribution in [0.15, 0.2) is 12.1 Å². The summed E-state index contributed by atoms with van der Waals surface area (Å²) in [6, 6.07) is 1.36. The second-order valence-electron chi connectivity index (χ2n) is 4.44. The molecule has 0 aliphatic carbocycles. The number of non-ortho nitro benzene ring substituents is 1. The van der Waals surface area contributed by atoms with E-state index in [4.69, 9.17) is 4.74 Å². The Balaban J connectivity index is 2.57. The van der Waals surface area contributed by atoms with E-state index in [9.17, 15) is 18.9 Å². The van der Waals surface area contributed by atoms with Gasteiger partial charge in [0, 0.05) is 13.2 Å². The molecule has 0 heterocycles. The van der Waals surface area contributed by atoms with Crippen LogP contribution >= 0.6 is 0 Å². The third-order valence-corrected chi connectivity index (χ3v) is 2.24. The summed E-state index contributed by atoms with van der Waals surface area (Å²) in [5.41, 5.74) is -0.990. The van der Waals surface area contributed by atoms with Crippen LogP contribution in [0.2, 0.25) is 0 Å². The van der Waals surface area contributed by atoms with Crippen molar-refractivity contribution >= 4 is 11.4 Å².